The molecule has 0 radical (unpaired) electrons. The van der Waals surface area contributed by atoms with Crippen molar-refractivity contribution in [2.24, 2.45) is 5.41 Å². The van der Waals surface area contributed by atoms with Gasteiger partial charge in [-0.2, -0.15) is 13.2 Å². The number of alkyl halides is 3. The van der Waals surface area contributed by atoms with Crippen LogP contribution in [0, 0.1) is 5.41 Å². The van der Waals surface area contributed by atoms with E-state index >= 15 is 0 Å². The van der Waals surface area contributed by atoms with E-state index in [0.717, 1.165) is 0 Å². The molecule has 1 N–H and O–H groups in total. The zero-order valence-electron chi connectivity index (χ0n) is 9.26. The lowest BCUT2D eigenvalue weighted by Gasteiger charge is -2.32. The quantitative estimate of drug-likeness (QED) is 0.762. The van der Waals surface area contributed by atoms with E-state index in [1.165, 1.54) is 0 Å². The molecule has 1 aliphatic heterocycles. The van der Waals surface area contributed by atoms with E-state index < -0.39 is 24.2 Å². The summed E-state index contributed by atoms with van der Waals surface area (Å²) in [5.41, 5.74) is -0.996. The van der Waals surface area contributed by atoms with E-state index in [0.29, 0.717) is 26.1 Å². The first-order valence-electron chi connectivity index (χ1n) is 5.31. The lowest BCUT2D eigenvalue weighted by atomic mass is 9.77. The molecule has 0 atom stereocenters. The van der Waals surface area contributed by atoms with Gasteiger partial charge in [0.15, 0.2) is 0 Å². The summed E-state index contributed by atoms with van der Waals surface area (Å²) in [5.74, 6) is -0.989. The van der Waals surface area contributed by atoms with Crippen molar-refractivity contribution in [2.75, 3.05) is 26.4 Å². The van der Waals surface area contributed by atoms with Crippen LogP contribution in [0.2, 0.25) is 0 Å². The Morgan fingerprint density at radius 1 is 1.35 bits per heavy atom. The maximum absolute atomic E-state index is 11.8. The molecule has 1 heterocycles. The van der Waals surface area contributed by atoms with Gasteiger partial charge in [0.05, 0.1) is 5.41 Å². The number of carboxylic acids is 1. The zero-order chi connectivity index (χ0) is 12.9. The lowest BCUT2D eigenvalue weighted by molar-refractivity contribution is -0.178. The Morgan fingerprint density at radius 3 is 2.41 bits per heavy atom. The van der Waals surface area contributed by atoms with Crippen molar-refractivity contribution in [3.05, 3.63) is 0 Å². The molecular formula is C10H15F3O4. The van der Waals surface area contributed by atoms with Gasteiger partial charge in [-0.05, 0) is 19.3 Å². The molecule has 4 nitrogen and oxygen atoms in total. The Morgan fingerprint density at radius 2 is 1.94 bits per heavy atom. The fourth-order valence-corrected chi connectivity index (χ4v) is 1.79. The monoisotopic (exact) mass is 256 g/mol. The third-order valence-electron chi connectivity index (χ3n) is 2.89. The van der Waals surface area contributed by atoms with Crippen LogP contribution in [0.4, 0.5) is 13.2 Å². The topological polar surface area (TPSA) is 55.8 Å². The summed E-state index contributed by atoms with van der Waals surface area (Å²) in [5, 5.41) is 9.11. The SMILES string of the molecule is O=C(O)C1(CCOCC(F)(F)F)CCOCC1. The Balaban J connectivity index is 2.38. The highest BCUT2D eigenvalue weighted by Gasteiger charge is 2.40. The third kappa shape index (κ3) is 4.51. The Labute approximate surface area is 96.7 Å². The van der Waals surface area contributed by atoms with Crippen molar-refractivity contribution in [2.45, 2.75) is 25.4 Å². The summed E-state index contributed by atoms with van der Waals surface area (Å²) < 4.78 is 44.9. The number of rotatable bonds is 5. The fraction of sp³-hybridized carbons (Fsp3) is 0.900. The predicted octanol–water partition coefficient (Wildman–Crippen LogP) is 1.84. The van der Waals surface area contributed by atoms with Gasteiger partial charge in [-0.3, -0.25) is 4.79 Å². The minimum atomic E-state index is -4.37. The number of ether oxygens (including phenoxy) is 2. The van der Waals surface area contributed by atoms with Crippen LogP contribution in [0.3, 0.4) is 0 Å². The molecule has 0 unspecified atom stereocenters. The number of carbonyl (C=O) groups is 1. The second kappa shape index (κ2) is 5.68. The molecule has 0 amide bonds. The van der Waals surface area contributed by atoms with Crippen LogP contribution in [0.25, 0.3) is 0 Å². The highest BCUT2D eigenvalue weighted by molar-refractivity contribution is 5.74. The summed E-state index contributed by atoms with van der Waals surface area (Å²) in [7, 11) is 0. The second-order valence-corrected chi connectivity index (χ2v) is 4.12. The van der Waals surface area contributed by atoms with Crippen LogP contribution in [-0.4, -0.2) is 43.7 Å². The van der Waals surface area contributed by atoms with Crippen LogP contribution in [0.5, 0.6) is 0 Å². The molecule has 1 rings (SSSR count). The predicted molar refractivity (Wildman–Crippen MR) is 51.6 cm³/mol. The average molecular weight is 256 g/mol. The van der Waals surface area contributed by atoms with Crippen molar-refractivity contribution in [3.63, 3.8) is 0 Å². The summed E-state index contributed by atoms with van der Waals surface area (Å²) in [6, 6.07) is 0. The summed E-state index contributed by atoms with van der Waals surface area (Å²) in [6.07, 6.45) is -3.65. The van der Waals surface area contributed by atoms with Crippen LogP contribution in [0.1, 0.15) is 19.3 Å². The molecule has 0 aromatic heterocycles. The molecule has 0 aliphatic carbocycles. The number of carboxylic acid groups (broad SMARTS) is 1. The first-order chi connectivity index (χ1) is 7.86. The smallest absolute Gasteiger partial charge is 0.411 e. The first kappa shape index (κ1) is 14.2. The molecule has 1 saturated heterocycles. The molecule has 0 aromatic carbocycles. The molecule has 100 valence electrons. The van der Waals surface area contributed by atoms with E-state index in [2.05, 4.69) is 4.74 Å². The van der Waals surface area contributed by atoms with Gasteiger partial charge in [0.25, 0.3) is 0 Å². The fourth-order valence-electron chi connectivity index (χ4n) is 1.79. The van der Waals surface area contributed by atoms with Crippen LogP contribution in [0.15, 0.2) is 0 Å². The van der Waals surface area contributed by atoms with Crippen LogP contribution >= 0.6 is 0 Å². The van der Waals surface area contributed by atoms with E-state index in [1.807, 2.05) is 0 Å². The van der Waals surface area contributed by atoms with Crippen molar-refractivity contribution < 1.29 is 32.5 Å². The largest absolute Gasteiger partial charge is 0.481 e. The van der Waals surface area contributed by atoms with Gasteiger partial charge in [0, 0.05) is 19.8 Å². The van der Waals surface area contributed by atoms with E-state index in [-0.39, 0.29) is 13.0 Å². The second-order valence-electron chi connectivity index (χ2n) is 4.12. The van der Waals surface area contributed by atoms with E-state index in [4.69, 9.17) is 9.84 Å². The summed E-state index contributed by atoms with van der Waals surface area (Å²) >= 11 is 0. The molecule has 7 heteroatoms. The standard InChI is InChI=1S/C10H15F3O4/c11-10(12,13)7-17-6-3-9(8(14)15)1-4-16-5-2-9/h1-7H2,(H,14,15). The third-order valence-corrected chi connectivity index (χ3v) is 2.89. The van der Waals surface area contributed by atoms with Crippen molar-refractivity contribution >= 4 is 5.97 Å². The summed E-state index contributed by atoms with van der Waals surface area (Å²) in [6.45, 7) is -0.887. The molecule has 1 aliphatic rings. The minimum absolute atomic E-state index is 0.0851. The number of halogens is 3. The number of hydrogen-bond acceptors (Lipinski definition) is 3. The molecule has 0 aromatic rings. The Kier molecular flexibility index (Phi) is 4.76. The van der Waals surface area contributed by atoms with Crippen molar-refractivity contribution in [3.8, 4) is 0 Å². The number of aliphatic carboxylic acids is 1. The average Bonchev–Trinajstić information content (AvgIpc) is 2.24. The first-order valence-corrected chi connectivity index (χ1v) is 5.31. The molecule has 0 saturated carbocycles. The molecule has 1 fully saturated rings. The Hall–Kier alpha value is -0.820. The minimum Gasteiger partial charge on any atom is -0.481 e. The molecular weight excluding hydrogens is 241 g/mol. The highest BCUT2D eigenvalue weighted by atomic mass is 19.4. The van der Waals surface area contributed by atoms with Crippen molar-refractivity contribution in [1.29, 1.82) is 0 Å². The van der Waals surface area contributed by atoms with Gasteiger partial charge >= 0.3 is 12.1 Å². The molecule has 17 heavy (non-hydrogen) atoms. The van der Waals surface area contributed by atoms with E-state index in [9.17, 15) is 18.0 Å². The van der Waals surface area contributed by atoms with Crippen LogP contribution in [-0.2, 0) is 14.3 Å². The lowest BCUT2D eigenvalue weighted by Crippen LogP contribution is -2.38. The van der Waals surface area contributed by atoms with Gasteiger partial charge in [0.1, 0.15) is 6.61 Å². The Bertz CT molecular complexity index is 259. The normalized spacial score (nSPS) is 20.2. The van der Waals surface area contributed by atoms with Gasteiger partial charge in [-0.25, -0.2) is 0 Å². The molecule has 0 bridgehead atoms. The van der Waals surface area contributed by atoms with Gasteiger partial charge in [0.2, 0.25) is 0 Å². The molecule has 0 spiro atoms. The van der Waals surface area contributed by atoms with Crippen molar-refractivity contribution in [1.82, 2.24) is 0 Å². The summed E-state index contributed by atoms with van der Waals surface area (Å²) in [4.78, 5) is 11.1. The van der Waals surface area contributed by atoms with Gasteiger partial charge < -0.3 is 14.6 Å². The maximum atomic E-state index is 11.8. The van der Waals surface area contributed by atoms with E-state index in [1.54, 1.807) is 0 Å². The van der Waals surface area contributed by atoms with Gasteiger partial charge in [-0.1, -0.05) is 0 Å². The highest BCUT2D eigenvalue weighted by Crippen LogP contribution is 2.34. The number of hydrogen-bond donors (Lipinski definition) is 1. The zero-order valence-corrected chi connectivity index (χ0v) is 9.26. The maximum Gasteiger partial charge on any atom is 0.411 e. The van der Waals surface area contributed by atoms with Gasteiger partial charge in [-0.15, -0.1) is 0 Å². The van der Waals surface area contributed by atoms with Crippen LogP contribution < -0.4 is 0 Å².